The van der Waals surface area contributed by atoms with E-state index in [0.29, 0.717) is 11.7 Å². The first kappa shape index (κ1) is 8.82. The predicted molar refractivity (Wildman–Crippen MR) is 55.3 cm³/mol. The van der Waals surface area contributed by atoms with Gasteiger partial charge in [0.1, 0.15) is 0 Å². The maximum atomic E-state index is 11.7. The van der Waals surface area contributed by atoms with Crippen LogP contribution >= 0.6 is 11.8 Å². The van der Waals surface area contributed by atoms with Crippen LogP contribution in [0.15, 0.2) is 29.2 Å². The van der Waals surface area contributed by atoms with Crippen molar-refractivity contribution in [2.75, 3.05) is 6.26 Å². The van der Waals surface area contributed by atoms with Gasteiger partial charge in [-0.1, -0.05) is 12.1 Å². The molecule has 1 aromatic rings. The molecule has 68 valence electrons. The molecule has 0 aromatic heterocycles. The third-order valence-corrected chi connectivity index (χ3v) is 3.03. The van der Waals surface area contributed by atoms with Crippen molar-refractivity contribution in [3.8, 4) is 0 Å². The van der Waals surface area contributed by atoms with Crippen LogP contribution in [0.25, 0.3) is 0 Å². The Morgan fingerprint density at radius 2 is 2.23 bits per heavy atom. The molecule has 0 heterocycles. The van der Waals surface area contributed by atoms with Crippen molar-refractivity contribution in [3.63, 3.8) is 0 Å². The van der Waals surface area contributed by atoms with Crippen molar-refractivity contribution < 1.29 is 4.79 Å². The van der Waals surface area contributed by atoms with Crippen LogP contribution in [-0.4, -0.2) is 12.0 Å². The second kappa shape index (κ2) is 3.54. The van der Waals surface area contributed by atoms with E-state index in [4.69, 9.17) is 0 Å². The maximum Gasteiger partial charge on any atom is 0.165 e. The fourth-order valence-corrected chi connectivity index (χ4v) is 1.82. The van der Waals surface area contributed by atoms with Gasteiger partial charge in [-0.15, -0.1) is 11.8 Å². The number of Topliss-reactive ketones (excluding diaryl/α,β-unsaturated/α-hetero) is 1. The molecule has 1 aliphatic rings. The molecule has 1 fully saturated rings. The van der Waals surface area contributed by atoms with Crippen molar-refractivity contribution in [2.45, 2.75) is 17.7 Å². The Morgan fingerprint density at radius 3 is 2.85 bits per heavy atom. The molecule has 0 N–H and O–H groups in total. The Labute approximate surface area is 82.5 Å². The summed E-state index contributed by atoms with van der Waals surface area (Å²) in [4.78, 5) is 12.8. The van der Waals surface area contributed by atoms with Crippen molar-refractivity contribution in [3.05, 3.63) is 29.8 Å². The lowest BCUT2D eigenvalue weighted by atomic mass is 10.1. The number of ketones is 1. The molecule has 0 bridgehead atoms. The summed E-state index contributed by atoms with van der Waals surface area (Å²) in [6, 6.07) is 7.90. The van der Waals surface area contributed by atoms with Gasteiger partial charge in [-0.2, -0.15) is 0 Å². The highest BCUT2D eigenvalue weighted by Gasteiger charge is 2.30. The summed E-state index contributed by atoms with van der Waals surface area (Å²) in [7, 11) is 0. The van der Waals surface area contributed by atoms with Crippen LogP contribution in [0.2, 0.25) is 0 Å². The topological polar surface area (TPSA) is 17.1 Å². The molecule has 0 amide bonds. The average molecular weight is 192 g/mol. The van der Waals surface area contributed by atoms with Crippen LogP contribution in [0.3, 0.4) is 0 Å². The summed E-state index contributed by atoms with van der Waals surface area (Å²) in [6.07, 6.45) is 4.20. The summed E-state index contributed by atoms with van der Waals surface area (Å²) in [5.41, 5.74) is 0.884. The van der Waals surface area contributed by atoms with E-state index in [1.807, 2.05) is 30.5 Å². The molecular weight excluding hydrogens is 180 g/mol. The van der Waals surface area contributed by atoms with Gasteiger partial charge >= 0.3 is 0 Å². The number of carbonyl (C=O) groups excluding carboxylic acids is 1. The minimum atomic E-state index is 0.330. The average Bonchev–Trinajstić information content (AvgIpc) is 3.00. The molecule has 2 heteroatoms. The van der Waals surface area contributed by atoms with Gasteiger partial charge in [-0.25, -0.2) is 0 Å². The Hall–Kier alpha value is -0.760. The van der Waals surface area contributed by atoms with Crippen molar-refractivity contribution in [1.29, 1.82) is 0 Å². The van der Waals surface area contributed by atoms with E-state index in [9.17, 15) is 4.79 Å². The van der Waals surface area contributed by atoms with Crippen molar-refractivity contribution in [2.24, 2.45) is 5.92 Å². The molecule has 0 atom stereocenters. The molecule has 2 rings (SSSR count). The second-order valence-electron chi connectivity index (χ2n) is 3.37. The summed E-state index contributed by atoms with van der Waals surface area (Å²) < 4.78 is 0. The predicted octanol–water partition coefficient (Wildman–Crippen LogP) is 3.00. The smallest absolute Gasteiger partial charge is 0.165 e. The van der Waals surface area contributed by atoms with E-state index in [1.54, 1.807) is 11.8 Å². The zero-order chi connectivity index (χ0) is 9.26. The number of hydrogen-bond acceptors (Lipinski definition) is 2. The Kier molecular flexibility index (Phi) is 2.40. The van der Waals surface area contributed by atoms with Crippen LogP contribution < -0.4 is 0 Å². The van der Waals surface area contributed by atoms with Gasteiger partial charge in [-0.05, 0) is 31.2 Å². The highest BCUT2D eigenvalue weighted by atomic mass is 32.2. The SMILES string of the molecule is CSc1cccc(C(=O)C2CC2)c1. The molecule has 0 radical (unpaired) electrons. The van der Waals surface area contributed by atoms with E-state index in [-0.39, 0.29) is 0 Å². The maximum absolute atomic E-state index is 11.7. The standard InChI is InChI=1S/C11H12OS/c1-13-10-4-2-3-9(7-10)11(12)8-5-6-8/h2-4,7-8H,5-6H2,1H3. The highest BCUT2D eigenvalue weighted by Crippen LogP contribution is 2.33. The second-order valence-corrected chi connectivity index (χ2v) is 4.25. The fraction of sp³-hybridized carbons (Fsp3) is 0.364. The summed E-state index contributed by atoms with van der Waals surface area (Å²) >= 11 is 1.68. The van der Waals surface area contributed by atoms with Crippen LogP contribution in [0.5, 0.6) is 0 Å². The van der Waals surface area contributed by atoms with E-state index < -0.39 is 0 Å². The largest absolute Gasteiger partial charge is 0.294 e. The fourth-order valence-electron chi connectivity index (χ4n) is 1.36. The summed E-state index contributed by atoms with van der Waals surface area (Å²) in [5.74, 6) is 0.660. The molecule has 1 aliphatic carbocycles. The summed E-state index contributed by atoms with van der Waals surface area (Å²) in [6.45, 7) is 0. The van der Waals surface area contributed by atoms with E-state index in [0.717, 1.165) is 18.4 Å². The number of carbonyl (C=O) groups is 1. The summed E-state index contributed by atoms with van der Waals surface area (Å²) in [5, 5.41) is 0. The van der Waals surface area contributed by atoms with Crippen molar-refractivity contribution >= 4 is 17.5 Å². The van der Waals surface area contributed by atoms with E-state index >= 15 is 0 Å². The number of rotatable bonds is 3. The lowest BCUT2D eigenvalue weighted by Crippen LogP contribution is -2.00. The monoisotopic (exact) mass is 192 g/mol. The lowest BCUT2D eigenvalue weighted by Gasteiger charge is -2.00. The van der Waals surface area contributed by atoms with Crippen LogP contribution in [-0.2, 0) is 0 Å². The Balaban J connectivity index is 2.23. The van der Waals surface area contributed by atoms with Crippen molar-refractivity contribution in [1.82, 2.24) is 0 Å². The van der Waals surface area contributed by atoms with Gasteiger partial charge in [0.05, 0.1) is 0 Å². The third kappa shape index (κ3) is 1.94. The molecular formula is C11H12OS. The zero-order valence-electron chi connectivity index (χ0n) is 7.62. The zero-order valence-corrected chi connectivity index (χ0v) is 8.43. The third-order valence-electron chi connectivity index (χ3n) is 2.30. The molecule has 0 saturated heterocycles. The van der Waals surface area contributed by atoms with Gasteiger partial charge in [-0.3, -0.25) is 4.79 Å². The van der Waals surface area contributed by atoms with Crippen LogP contribution in [0.4, 0.5) is 0 Å². The molecule has 0 aliphatic heterocycles. The molecule has 1 nitrogen and oxygen atoms in total. The van der Waals surface area contributed by atoms with E-state index in [2.05, 4.69) is 0 Å². The molecule has 0 spiro atoms. The van der Waals surface area contributed by atoms with Crippen LogP contribution in [0.1, 0.15) is 23.2 Å². The Morgan fingerprint density at radius 1 is 1.46 bits per heavy atom. The van der Waals surface area contributed by atoms with Crippen LogP contribution in [0, 0.1) is 5.92 Å². The molecule has 1 saturated carbocycles. The number of hydrogen-bond donors (Lipinski definition) is 0. The first-order chi connectivity index (χ1) is 6.31. The molecule has 1 aromatic carbocycles. The van der Waals surface area contributed by atoms with Gasteiger partial charge in [0.15, 0.2) is 5.78 Å². The Bertz CT molecular complexity index is 329. The quantitative estimate of drug-likeness (QED) is 0.541. The highest BCUT2D eigenvalue weighted by molar-refractivity contribution is 7.98. The van der Waals surface area contributed by atoms with Gasteiger partial charge in [0, 0.05) is 16.4 Å². The van der Waals surface area contributed by atoms with E-state index in [1.165, 1.54) is 4.90 Å². The minimum Gasteiger partial charge on any atom is -0.294 e. The van der Waals surface area contributed by atoms with Gasteiger partial charge in [0.25, 0.3) is 0 Å². The molecule has 13 heavy (non-hydrogen) atoms. The first-order valence-electron chi connectivity index (χ1n) is 4.49. The lowest BCUT2D eigenvalue weighted by molar-refractivity contribution is 0.0967. The first-order valence-corrected chi connectivity index (χ1v) is 5.72. The normalized spacial score (nSPS) is 15.8. The van der Waals surface area contributed by atoms with Gasteiger partial charge in [0.2, 0.25) is 0 Å². The molecule has 0 unspecified atom stereocenters. The number of benzene rings is 1. The number of thioether (sulfide) groups is 1. The minimum absolute atomic E-state index is 0.330. The van der Waals surface area contributed by atoms with Gasteiger partial charge < -0.3 is 0 Å².